The molecule has 0 saturated carbocycles. The van der Waals surface area contributed by atoms with E-state index >= 15 is 0 Å². The van der Waals surface area contributed by atoms with Gasteiger partial charge in [0.15, 0.2) is 0 Å². The van der Waals surface area contributed by atoms with Gasteiger partial charge in [0.05, 0.1) is 5.02 Å². The summed E-state index contributed by atoms with van der Waals surface area (Å²) in [5.74, 6) is -0.263. The highest BCUT2D eigenvalue weighted by atomic mass is 35.5. The maximum Gasteiger partial charge on any atom is 0.145 e. The van der Waals surface area contributed by atoms with Gasteiger partial charge >= 0.3 is 0 Å². The molecule has 0 heterocycles. The van der Waals surface area contributed by atoms with Crippen molar-refractivity contribution < 1.29 is 4.39 Å². The Labute approximate surface area is 115 Å². The van der Waals surface area contributed by atoms with Crippen LogP contribution in [0.3, 0.4) is 0 Å². The summed E-state index contributed by atoms with van der Waals surface area (Å²) in [7, 11) is 0. The summed E-state index contributed by atoms with van der Waals surface area (Å²) in [4.78, 5) is 0. The standard InChI is InChI=1S/C15H23ClFN/c1-4-10-18-11-15(5-2,6-3)12-8-7-9-13(16)14(12)17/h7-9,18H,4-6,10-11H2,1-3H3. The Morgan fingerprint density at radius 2 is 1.89 bits per heavy atom. The highest BCUT2D eigenvalue weighted by Gasteiger charge is 2.31. The lowest BCUT2D eigenvalue weighted by atomic mass is 9.75. The van der Waals surface area contributed by atoms with Crippen LogP contribution in [0.4, 0.5) is 4.39 Å². The second-order valence-electron chi connectivity index (χ2n) is 4.77. The molecule has 1 aromatic carbocycles. The molecule has 0 atom stereocenters. The van der Waals surface area contributed by atoms with Crippen molar-refractivity contribution in [2.45, 2.75) is 45.4 Å². The van der Waals surface area contributed by atoms with E-state index in [-0.39, 0.29) is 16.3 Å². The zero-order chi connectivity index (χ0) is 13.6. The summed E-state index contributed by atoms with van der Waals surface area (Å²) in [5, 5.41) is 3.63. The smallest absolute Gasteiger partial charge is 0.145 e. The molecule has 3 heteroatoms. The van der Waals surface area contributed by atoms with E-state index in [4.69, 9.17) is 11.6 Å². The van der Waals surface area contributed by atoms with Gasteiger partial charge in [0.2, 0.25) is 0 Å². The van der Waals surface area contributed by atoms with Gasteiger partial charge < -0.3 is 5.32 Å². The van der Waals surface area contributed by atoms with Crippen LogP contribution in [-0.4, -0.2) is 13.1 Å². The Bertz CT molecular complexity index is 375. The first kappa shape index (κ1) is 15.5. The van der Waals surface area contributed by atoms with E-state index < -0.39 is 0 Å². The van der Waals surface area contributed by atoms with Gasteiger partial charge in [0.1, 0.15) is 5.82 Å². The quantitative estimate of drug-likeness (QED) is 0.718. The Balaban J connectivity index is 3.05. The van der Waals surface area contributed by atoms with Crippen molar-refractivity contribution >= 4 is 11.6 Å². The summed E-state index contributed by atoms with van der Waals surface area (Å²) in [6.45, 7) is 8.11. The number of halogens is 2. The SMILES string of the molecule is CCCNCC(CC)(CC)c1cccc(Cl)c1F. The monoisotopic (exact) mass is 271 g/mol. The highest BCUT2D eigenvalue weighted by molar-refractivity contribution is 6.30. The van der Waals surface area contributed by atoms with Gasteiger partial charge in [0, 0.05) is 12.0 Å². The lowest BCUT2D eigenvalue weighted by Gasteiger charge is -2.33. The molecule has 0 aliphatic heterocycles. The van der Waals surface area contributed by atoms with E-state index in [0.717, 1.165) is 37.9 Å². The summed E-state index contributed by atoms with van der Waals surface area (Å²) in [6, 6.07) is 5.30. The zero-order valence-corrected chi connectivity index (χ0v) is 12.3. The highest BCUT2D eigenvalue weighted by Crippen LogP contribution is 2.35. The van der Waals surface area contributed by atoms with E-state index in [1.165, 1.54) is 0 Å². The van der Waals surface area contributed by atoms with Crippen molar-refractivity contribution in [2.24, 2.45) is 0 Å². The third-order valence-corrected chi connectivity index (χ3v) is 4.06. The summed E-state index contributed by atoms with van der Waals surface area (Å²) >= 11 is 5.90. The first-order chi connectivity index (χ1) is 8.61. The Morgan fingerprint density at radius 3 is 2.44 bits per heavy atom. The molecule has 0 aliphatic rings. The minimum atomic E-state index is -0.263. The van der Waals surface area contributed by atoms with Gasteiger partial charge in [-0.1, -0.05) is 44.5 Å². The minimum absolute atomic E-state index is 0.163. The lowest BCUT2D eigenvalue weighted by molar-refractivity contribution is 0.354. The predicted molar refractivity (Wildman–Crippen MR) is 76.8 cm³/mol. The van der Waals surface area contributed by atoms with E-state index in [1.54, 1.807) is 6.07 Å². The van der Waals surface area contributed by atoms with Crippen molar-refractivity contribution in [2.75, 3.05) is 13.1 Å². The molecule has 0 aromatic heterocycles. The van der Waals surface area contributed by atoms with Gasteiger partial charge in [-0.2, -0.15) is 0 Å². The van der Waals surface area contributed by atoms with Crippen LogP contribution >= 0.6 is 11.6 Å². The number of benzene rings is 1. The first-order valence-electron chi connectivity index (χ1n) is 6.76. The largest absolute Gasteiger partial charge is 0.316 e. The first-order valence-corrected chi connectivity index (χ1v) is 7.14. The number of hydrogen-bond donors (Lipinski definition) is 1. The van der Waals surface area contributed by atoms with Gasteiger partial charge in [0.25, 0.3) is 0 Å². The molecule has 1 rings (SSSR count). The molecular formula is C15H23ClFN. The van der Waals surface area contributed by atoms with Gasteiger partial charge in [-0.05, 0) is 37.4 Å². The molecule has 102 valence electrons. The Hall–Kier alpha value is -0.600. The minimum Gasteiger partial charge on any atom is -0.316 e. The number of nitrogens with one attached hydrogen (secondary N) is 1. The van der Waals surface area contributed by atoms with Crippen LogP contribution in [0.1, 0.15) is 45.6 Å². The number of rotatable bonds is 7. The van der Waals surface area contributed by atoms with E-state index in [2.05, 4.69) is 26.1 Å². The fourth-order valence-electron chi connectivity index (χ4n) is 2.39. The molecule has 0 fully saturated rings. The predicted octanol–water partition coefficient (Wildman–Crippen LogP) is 4.54. The molecule has 0 radical (unpaired) electrons. The lowest BCUT2D eigenvalue weighted by Crippen LogP contribution is -2.38. The Morgan fingerprint density at radius 1 is 1.22 bits per heavy atom. The van der Waals surface area contributed by atoms with Crippen LogP contribution in [0.5, 0.6) is 0 Å². The van der Waals surface area contributed by atoms with E-state index in [9.17, 15) is 4.39 Å². The fourth-order valence-corrected chi connectivity index (χ4v) is 2.57. The van der Waals surface area contributed by atoms with Crippen LogP contribution in [0.25, 0.3) is 0 Å². The maximum atomic E-state index is 14.2. The normalized spacial score (nSPS) is 11.8. The third-order valence-electron chi connectivity index (χ3n) is 3.77. The van der Waals surface area contributed by atoms with Crippen molar-refractivity contribution in [1.29, 1.82) is 0 Å². The second kappa shape index (κ2) is 7.10. The molecule has 0 spiro atoms. The zero-order valence-electron chi connectivity index (χ0n) is 11.5. The molecule has 18 heavy (non-hydrogen) atoms. The maximum absolute atomic E-state index is 14.2. The van der Waals surface area contributed by atoms with Crippen molar-refractivity contribution in [1.82, 2.24) is 5.32 Å². The van der Waals surface area contributed by atoms with E-state index in [1.807, 2.05) is 12.1 Å². The Kier molecular flexibility index (Phi) is 6.10. The van der Waals surface area contributed by atoms with Gasteiger partial charge in [-0.25, -0.2) is 4.39 Å². The van der Waals surface area contributed by atoms with Crippen LogP contribution in [0.15, 0.2) is 18.2 Å². The molecule has 0 amide bonds. The average Bonchev–Trinajstić information content (AvgIpc) is 2.39. The molecule has 0 saturated heterocycles. The molecular weight excluding hydrogens is 249 g/mol. The van der Waals surface area contributed by atoms with Crippen LogP contribution in [0.2, 0.25) is 5.02 Å². The number of hydrogen-bond acceptors (Lipinski definition) is 1. The molecule has 0 aliphatic carbocycles. The van der Waals surface area contributed by atoms with Crippen LogP contribution in [0, 0.1) is 5.82 Å². The van der Waals surface area contributed by atoms with Gasteiger partial charge in [-0.3, -0.25) is 0 Å². The summed E-state index contributed by atoms with van der Waals surface area (Å²) in [5.41, 5.74) is 0.577. The summed E-state index contributed by atoms with van der Waals surface area (Å²) < 4.78 is 14.2. The van der Waals surface area contributed by atoms with Crippen LogP contribution in [-0.2, 0) is 5.41 Å². The molecule has 0 unspecified atom stereocenters. The fraction of sp³-hybridized carbons (Fsp3) is 0.600. The van der Waals surface area contributed by atoms with Gasteiger partial charge in [-0.15, -0.1) is 0 Å². The average molecular weight is 272 g/mol. The van der Waals surface area contributed by atoms with Crippen LogP contribution < -0.4 is 5.32 Å². The molecule has 1 nitrogen and oxygen atoms in total. The van der Waals surface area contributed by atoms with Crippen molar-refractivity contribution in [3.63, 3.8) is 0 Å². The summed E-state index contributed by atoms with van der Waals surface area (Å²) in [6.07, 6.45) is 2.89. The third kappa shape index (κ3) is 3.24. The van der Waals surface area contributed by atoms with Crippen molar-refractivity contribution in [3.05, 3.63) is 34.6 Å². The molecule has 1 N–H and O–H groups in total. The molecule has 1 aromatic rings. The molecule has 0 bridgehead atoms. The van der Waals surface area contributed by atoms with E-state index in [0.29, 0.717) is 0 Å². The topological polar surface area (TPSA) is 12.0 Å². The second-order valence-corrected chi connectivity index (χ2v) is 5.17. The van der Waals surface area contributed by atoms with Crippen molar-refractivity contribution in [3.8, 4) is 0 Å².